The number of carbonyl (C=O) groups excluding carboxylic acids is 4. The Hall–Kier alpha value is -5.16. The number of guanidine groups is 1. The summed E-state index contributed by atoms with van der Waals surface area (Å²) < 4.78 is 59.8. The maximum absolute atomic E-state index is 14.6. The predicted octanol–water partition coefficient (Wildman–Crippen LogP) is 9.69. The van der Waals surface area contributed by atoms with Crippen LogP contribution in [0.5, 0.6) is 11.5 Å². The van der Waals surface area contributed by atoms with E-state index in [1.807, 2.05) is 12.1 Å². The van der Waals surface area contributed by atoms with Crippen molar-refractivity contribution in [2.75, 3.05) is 40.1 Å². The minimum absolute atomic E-state index is 0.00673. The number of amides is 3. The zero-order chi connectivity index (χ0) is 50.2. The number of alkyl carbamates (subject to hydrolysis) is 2. The molecule has 1 saturated heterocycles. The fourth-order valence-corrected chi connectivity index (χ4v) is 7.06. The molecule has 376 valence electrons. The second kappa shape index (κ2) is 24.7. The average molecular weight is 945 g/mol. The normalized spacial score (nSPS) is 16.6. The third-order valence-corrected chi connectivity index (χ3v) is 10.2. The predicted molar refractivity (Wildman–Crippen MR) is 253 cm³/mol. The number of hydrogen-bond acceptors (Lipinski definition) is 13. The number of hydrogen-bond donors (Lipinski definition) is 2. The monoisotopic (exact) mass is 945 g/mol. The molecule has 0 saturated carbocycles. The fraction of sp³-hybridized carbons (Fsp3) is 0.660. The summed E-state index contributed by atoms with van der Waals surface area (Å²) >= 11 is 0. The Kier molecular flexibility index (Phi) is 20.7. The lowest BCUT2D eigenvalue weighted by Crippen LogP contribution is -2.65. The maximum atomic E-state index is 14.6. The lowest BCUT2D eigenvalue weighted by molar-refractivity contribution is -0.195. The highest BCUT2D eigenvalue weighted by Gasteiger charge is 2.53. The van der Waals surface area contributed by atoms with Gasteiger partial charge in [-0.05, 0) is 148 Å². The quantitative estimate of drug-likeness (QED) is 0.0626. The van der Waals surface area contributed by atoms with E-state index in [4.69, 9.17) is 42.9 Å². The topological polar surface area (TPSA) is 182 Å². The third-order valence-electron chi connectivity index (χ3n) is 10.2. The van der Waals surface area contributed by atoms with Gasteiger partial charge in [-0.25, -0.2) is 33.5 Å². The Bertz CT molecular complexity index is 1910. The number of benzene rings is 2. The largest absolute Gasteiger partial charge is 0.497 e. The van der Waals surface area contributed by atoms with Gasteiger partial charge in [-0.15, -0.1) is 0 Å². The maximum Gasteiger partial charge on any atom is 0.417 e. The van der Waals surface area contributed by atoms with Crippen molar-refractivity contribution < 1.29 is 61.5 Å². The molecule has 4 atom stereocenters. The van der Waals surface area contributed by atoms with Crippen molar-refractivity contribution >= 4 is 30.2 Å². The van der Waals surface area contributed by atoms with Gasteiger partial charge in [0.2, 0.25) is 5.96 Å². The average Bonchev–Trinajstić information content (AvgIpc) is 3.21. The number of methoxy groups -OCH3 is 1. The molecule has 17 heteroatoms. The van der Waals surface area contributed by atoms with Crippen LogP contribution >= 0.6 is 0 Å². The number of nitrogens with one attached hydrogen (secondary N) is 2. The minimum atomic E-state index is -1.75. The second-order valence-corrected chi connectivity index (χ2v) is 20.6. The molecular weight excluding hydrogens is 868 g/mol. The number of nitrogens with zero attached hydrogens (tertiary/aromatic N) is 2. The molecule has 0 spiro atoms. The lowest BCUT2D eigenvalue weighted by Gasteiger charge is -2.45. The van der Waals surface area contributed by atoms with Crippen LogP contribution in [0.2, 0.25) is 0 Å². The summed E-state index contributed by atoms with van der Waals surface area (Å²) in [6.45, 7) is 22.0. The first-order valence-corrected chi connectivity index (χ1v) is 23.1. The number of esters is 1. The molecule has 67 heavy (non-hydrogen) atoms. The molecule has 1 fully saturated rings. The molecule has 16 nitrogen and oxygen atoms in total. The molecule has 0 aliphatic carbocycles. The van der Waals surface area contributed by atoms with E-state index in [9.17, 15) is 23.6 Å². The highest BCUT2D eigenvalue weighted by molar-refractivity contribution is 6.01. The van der Waals surface area contributed by atoms with Crippen LogP contribution in [0, 0.1) is 11.3 Å². The molecule has 3 rings (SSSR count). The highest BCUT2D eigenvalue weighted by atomic mass is 19.1. The van der Waals surface area contributed by atoms with Gasteiger partial charge in [-0.3, -0.25) is 5.32 Å². The zero-order valence-electron chi connectivity index (χ0n) is 42.3. The summed E-state index contributed by atoms with van der Waals surface area (Å²) in [5.41, 5.74) is -4.11. The van der Waals surface area contributed by atoms with E-state index in [0.717, 1.165) is 24.0 Å². The molecule has 2 aromatic rings. The summed E-state index contributed by atoms with van der Waals surface area (Å²) in [5.74, 6) is -0.532. The van der Waals surface area contributed by atoms with Crippen LogP contribution in [-0.2, 0) is 46.2 Å². The summed E-state index contributed by atoms with van der Waals surface area (Å²) in [6.07, 6.45) is -1.24. The van der Waals surface area contributed by atoms with E-state index in [2.05, 4.69) is 10.6 Å². The van der Waals surface area contributed by atoms with Gasteiger partial charge in [0.05, 0.1) is 20.3 Å². The first-order valence-electron chi connectivity index (χ1n) is 23.1. The smallest absolute Gasteiger partial charge is 0.417 e. The Morgan fingerprint density at radius 3 is 1.91 bits per heavy atom. The van der Waals surface area contributed by atoms with Gasteiger partial charge in [0.1, 0.15) is 53.2 Å². The minimum Gasteiger partial charge on any atom is -0.497 e. The standard InChI is InChI=1S/C50H77FN4O12/c1-15-61-41(56)50(46(2,3)4,54-44(58)66-48(8,9)10)29-36(28-34-19-25-38(26-20-34)63-33-39(30-51)64-40-18-16-17-27-62-40)32-55(45(59)67-49(11,12)13)42(53-43(57)65-47(5,6)7)52-31-35-21-23-37(60-14)24-22-35/h19-26,36,39-40H,15-18,27-33H2,1-14H3,(H,54,58)(H,52,53,57)/t36-,39?,40?,50+/m0/s1. The van der Waals surface area contributed by atoms with E-state index in [1.54, 1.807) is 134 Å². The van der Waals surface area contributed by atoms with Crippen LogP contribution in [-0.4, -0.2) is 110 Å². The van der Waals surface area contributed by atoms with Crippen LogP contribution in [0.15, 0.2) is 53.5 Å². The number of rotatable bonds is 18. The van der Waals surface area contributed by atoms with Crippen LogP contribution in [0.3, 0.4) is 0 Å². The Balaban J connectivity index is 2.21. The van der Waals surface area contributed by atoms with Crippen LogP contribution in [0.25, 0.3) is 0 Å². The number of aliphatic imine (C=N–C) groups is 1. The van der Waals surface area contributed by atoms with Crippen molar-refractivity contribution in [3.63, 3.8) is 0 Å². The van der Waals surface area contributed by atoms with E-state index in [1.165, 1.54) is 4.90 Å². The van der Waals surface area contributed by atoms with Crippen molar-refractivity contribution in [2.24, 2.45) is 16.3 Å². The third kappa shape index (κ3) is 19.5. The molecule has 1 heterocycles. The van der Waals surface area contributed by atoms with Crippen molar-refractivity contribution in [2.45, 2.75) is 163 Å². The number of halogens is 1. The van der Waals surface area contributed by atoms with Crippen LogP contribution < -0.4 is 20.1 Å². The Morgan fingerprint density at radius 2 is 1.39 bits per heavy atom. The highest BCUT2D eigenvalue weighted by Crippen LogP contribution is 2.39. The first kappa shape index (κ1) is 56.2. The molecule has 2 aromatic carbocycles. The zero-order valence-corrected chi connectivity index (χ0v) is 42.3. The Morgan fingerprint density at radius 1 is 0.806 bits per heavy atom. The summed E-state index contributed by atoms with van der Waals surface area (Å²) in [6, 6.07) is 14.2. The van der Waals surface area contributed by atoms with Gasteiger partial charge >= 0.3 is 24.2 Å². The summed E-state index contributed by atoms with van der Waals surface area (Å²) in [5, 5.41) is 5.61. The number of alkyl halides is 1. The SMILES string of the molecule is CCOC(=O)[C@@](C[C@H](Cc1ccc(OCC(CF)OC2CCCCO2)cc1)CN(C(=O)OC(C)(C)C)C(=NCc1ccc(OC)cc1)NC(=O)OC(C)(C)C)(NC(=O)OC(C)(C)C)C(C)(C)C. The van der Waals surface area contributed by atoms with E-state index >= 15 is 0 Å². The van der Waals surface area contributed by atoms with Crippen LogP contribution in [0.4, 0.5) is 18.8 Å². The Labute approximate surface area is 397 Å². The number of carbonyl (C=O) groups is 4. The molecule has 0 radical (unpaired) electrons. The van der Waals surface area contributed by atoms with E-state index in [-0.39, 0.29) is 45.1 Å². The van der Waals surface area contributed by atoms with Gasteiger partial charge in [-0.2, -0.15) is 0 Å². The van der Waals surface area contributed by atoms with E-state index < -0.39 is 77.0 Å². The van der Waals surface area contributed by atoms with Crippen LogP contribution in [0.1, 0.15) is 127 Å². The summed E-state index contributed by atoms with van der Waals surface area (Å²) in [4.78, 5) is 62.4. The molecule has 1 aliphatic rings. The molecule has 3 amide bonds. The van der Waals surface area contributed by atoms with Crippen molar-refractivity contribution in [3.8, 4) is 11.5 Å². The van der Waals surface area contributed by atoms with E-state index in [0.29, 0.717) is 24.5 Å². The van der Waals surface area contributed by atoms with Gasteiger partial charge in [0, 0.05) is 13.2 Å². The van der Waals surface area contributed by atoms with Crippen molar-refractivity contribution in [3.05, 3.63) is 59.7 Å². The first-order chi connectivity index (χ1) is 31.2. The fourth-order valence-electron chi connectivity index (χ4n) is 7.06. The van der Waals surface area contributed by atoms with Gasteiger partial charge in [0.15, 0.2) is 6.29 Å². The van der Waals surface area contributed by atoms with Gasteiger partial charge in [0.25, 0.3) is 0 Å². The number of ether oxygens (including phenoxy) is 8. The van der Waals surface area contributed by atoms with Crippen molar-refractivity contribution in [1.29, 1.82) is 0 Å². The molecule has 2 N–H and O–H groups in total. The molecule has 0 aromatic heterocycles. The van der Waals surface area contributed by atoms with Crippen molar-refractivity contribution in [1.82, 2.24) is 15.5 Å². The second-order valence-electron chi connectivity index (χ2n) is 20.6. The molecule has 0 bridgehead atoms. The lowest BCUT2D eigenvalue weighted by atomic mass is 9.68. The molecule has 2 unspecified atom stereocenters. The molecular formula is C50H77FN4O12. The van der Waals surface area contributed by atoms with Gasteiger partial charge < -0.3 is 43.2 Å². The van der Waals surface area contributed by atoms with Gasteiger partial charge in [-0.1, -0.05) is 45.0 Å². The molecule has 1 aliphatic heterocycles. The summed E-state index contributed by atoms with van der Waals surface area (Å²) in [7, 11) is 1.56.